The smallest absolute Gasteiger partial charge is 0.290 e. The zero-order valence-electron chi connectivity index (χ0n) is 14.4. The molecule has 1 aliphatic rings. The highest BCUT2D eigenvalue weighted by Gasteiger charge is 2.13. The Morgan fingerprint density at radius 2 is 1.96 bits per heavy atom. The van der Waals surface area contributed by atoms with Crippen LogP contribution in [0.25, 0.3) is 0 Å². The van der Waals surface area contributed by atoms with E-state index in [1.165, 1.54) is 31.9 Å². The molecule has 0 unspecified atom stereocenters. The molecule has 2 aromatic rings. The van der Waals surface area contributed by atoms with Gasteiger partial charge in [0.05, 0.1) is 4.92 Å². The third-order valence-corrected chi connectivity index (χ3v) is 4.49. The molecule has 7 nitrogen and oxygen atoms in total. The highest BCUT2D eigenvalue weighted by atomic mass is 16.6. The number of pyridine rings is 2. The average Bonchev–Trinajstić information content (AvgIpc) is 2.89. The Labute approximate surface area is 147 Å². The maximum atomic E-state index is 10.9. The minimum atomic E-state index is -0.414. The number of aromatic nitrogens is 2. The van der Waals surface area contributed by atoms with Crippen molar-refractivity contribution in [2.75, 3.05) is 23.3 Å². The van der Waals surface area contributed by atoms with Gasteiger partial charge in [-0.1, -0.05) is 12.8 Å². The van der Waals surface area contributed by atoms with Crippen molar-refractivity contribution in [2.45, 2.75) is 39.2 Å². The number of rotatable bonds is 5. The highest BCUT2D eigenvalue weighted by Crippen LogP contribution is 2.21. The molecule has 7 heteroatoms. The lowest BCUT2D eigenvalue weighted by Gasteiger charge is -2.21. The third-order valence-electron chi connectivity index (χ3n) is 4.49. The predicted octanol–water partition coefficient (Wildman–Crippen LogP) is 3.69. The van der Waals surface area contributed by atoms with Crippen molar-refractivity contribution < 1.29 is 4.92 Å². The molecule has 132 valence electrons. The minimum absolute atomic E-state index is 0.0397. The van der Waals surface area contributed by atoms with Gasteiger partial charge in [-0.25, -0.2) is 9.97 Å². The van der Waals surface area contributed by atoms with Gasteiger partial charge in [-0.3, -0.25) is 10.1 Å². The van der Waals surface area contributed by atoms with Gasteiger partial charge in [-0.05, 0) is 43.5 Å². The minimum Gasteiger partial charge on any atom is -0.366 e. The van der Waals surface area contributed by atoms with Crippen LogP contribution in [0.15, 0.2) is 30.6 Å². The number of nitrogens with zero attached hydrogens (tertiary/aromatic N) is 4. The van der Waals surface area contributed by atoms with Crippen LogP contribution in [0.1, 0.15) is 36.8 Å². The van der Waals surface area contributed by atoms with Gasteiger partial charge in [-0.2, -0.15) is 0 Å². The normalized spacial score (nSPS) is 14.8. The standard InChI is InChI=1S/C18H23N5O2/c1-14-10-17(21-13-16(14)23(24)25)20-12-15-6-7-19-18(11-15)22-8-4-2-3-5-9-22/h6-7,10-11,13H,2-5,8-9,12H2,1H3,(H,20,21). The topological polar surface area (TPSA) is 84.2 Å². The summed E-state index contributed by atoms with van der Waals surface area (Å²) in [5, 5.41) is 14.1. The van der Waals surface area contributed by atoms with E-state index in [0.717, 1.165) is 24.5 Å². The maximum absolute atomic E-state index is 10.9. The molecule has 0 aliphatic carbocycles. The van der Waals surface area contributed by atoms with Crippen molar-refractivity contribution in [3.05, 3.63) is 51.8 Å². The molecule has 3 rings (SSSR count). The predicted molar refractivity (Wildman–Crippen MR) is 97.9 cm³/mol. The summed E-state index contributed by atoms with van der Waals surface area (Å²) in [5.74, 6) is 1.66. The van der Waals surface area contributed by atoms with E-state index >= 15 is 0 Å². The highest BCUT2D eigenvalue weighted by molar-refractivity contribution is 5.48. The molecule has 1 saturated heterocycles. The van der Waals surface area contributed by atoms with Crippen LogP contribution in [-0.2, 0) is 6.54 Å². The van der Waals surface area contributed by atoms with Gasteiger partial charge < -0.3 is 10.2 Å². The molecule has 0 saturated carbocycles. The lowest BCUT2D eigenvalue weighted by molar-refractivity contribution is -0.385. The first-order chi connectivity index (χ1) is 12.1. The molecule has 25 heavy (non-hydrogen) atoms. The van der Waals surface area contributed by atoms with Crippen LogP contribution in [0.3, 0.4) is 0 Å². The number of hydrogen-bond acceptors (Lipinski definition) is 6. The van der Waals surface area contributed by atoms with Crippen LogP contribution in [0.4, 0.5) is 17.3 Å². The zero-order valence-corrected chi connectivity index (χ0v) is 14.4. The molecule has 0 aromatic carbocycles. The number of hydrogen-bond donors (Lipinski definition) is 1. The summed E-state index contributed by atoms with van der Waals surface area (Å²) in [6.45, 7) is 4.45. The Kier molecular flexibility index (Phi) is 5.42. The molecule has 0 bridgehead atoms. The summed E-state index contributed by atoms with van der Waals surface area (Å²) in [6, 6.07) is 5.79. The van der Waals surface area contributed by atoms with E-state index in [1.807, 2.05) is 12.3 Å². The van der Waals surface area contributed by atoms with Crippen molar-refractivity contribution in [2.24, 2.45) is 0 Å². The Balaban J connectivity index is 1.66. The second kappa shape index (κ2) is 7.92. The van der Waals surface area contributed by atoms with Gasteiger partial charge in [0, 0.05) is 31.4 Å². The molecule has 0 radical (unpaired) electrons. The Bertz CT molecular complexity index is 742. The first-order valence-electron chi connectivity index (χ1n) is 8.68. The summed E-state index contributed by atoms with van der Waals surface area (Å²) in [6.07, 6.45) is 8.16. The van der Waals surface area contributed by atoms with Crippen molar-refractivity contribution in [1.29, 1.82) is 0 Å². The van der Waals surface area contributed by atoms with Gasteiger partial charge in [0.2, 0.25) is 0 Å². The number of nitrogens with one attached hydrogen (secondary N) is 1. The molecule has 1 N–H and O–H groups in total. The molecule has 2 aromatic heterocycles. The van der Waals surface area contributed by atoms with Gasteiger partial charge >= 0.3 is 0 Å². The molecule has 0 atom stereocenters. The summed E-state index contributed by atoms with van der Waals surface area (Å²) >= 11 is 0. The van der Waals surface area contributed by atoms with Gasteiger partial charge in [0.25, 0.3) is 5.69 Å². The van der Waals surface area contributed by atoms with Crippen LogP contribution >= 0.6 is 0 Å². The first-order valence-corrected chi connectivity index (χ1v) is 8.68. The second-order valence-corrected chi connectivity index (χ2v) is 6.39. The zero-order chi connectivity index (χ0) is 17.6. The third kappa shape index (κ3) is 4.43. The Morgan fingerprint density at radius 1 is 1.20 bits per heavy atom. The number of nitro groups is 1. The van der Waals surface area contributed by atoms with Crippen LogP contribution in [0, 0.1) is 17.0 Å². The lowest BCUT2D eigenvalue weighted by Crippen LogP contribution is -2.25. The van der Waals surface area contributed by atoms with E-state index < -0.39 is 4.92 Å². The Hall–Kier alpha value is -2.70. The van der Waals surface area contributed by atoms with E-state index in [9.17, 15) is 10.1 Å². The first kappa shape index (κ1) is 17.1. The van der Waals surface area contributed by atoms with Gasteiger partial charge in [-0.15, -0.1) is 0 Å². The number of anilines is 2. The molecular formula is C18H23N5O2. The summed E-state index contributed by atoms with van der Waals surface area (Å²) in [7, 11) is 0. The average molecular weight is 341 g/mol. The van der Waals surface area contributed by atoms with E-state index in [1.54, 1.807) is 13.0 Å². The maximum Gasteiger partial charge on any atom is 0.290 e. The second-order valence-electron chi connectivity index (χ2n) is 6.39. The van der Waals surface area contributed by atoms with Crippen molar-refractivity contribution in [3.63, 3.8) is 0 Å². The van der Waals surface area contributed by atoms with Crippen LogP contribution in [0.5, 0.6) is 0 Å². The fourth-order valence-electron chi connectivity index (χ4n) is 3.07. The van der Waals surface area contributed by atoms with Crippen LogP contribution in [-0.4, -0.2) is 28.0 Å². The van der Waals surface area contributed by atoms with Crippen LogP contribution < -0.4 is 10.2 Å². The summed E-state index contributed by atoms with van der Waals surface area (Å²) in [4.78, 5) is 21.4. The fraction of sp³-hybridized carbons (Fsp3) is 0.444. The number of aryl methyl sites for hydroxylation is 1. The van der Waals surface area contributed by atoms with E-state index in [2.05, 4.69) is 26.3 Å². The van der Waals surface area contributed by atoms with Crippen molar-refractivity contribution in [1.82, 2.24) is 9.97 Å². The van der Waals surface area contributed by atoms with Gasteiger partial charge in [0.15, 0.2) is 0 Å². The molecular weight excluding hydrogens is 318 g/mol. The quantitative estimate of drug-likeness (QED) is 0.659. The lowest BCUT2D eigenvalue weighted by atomic mass is 10.2. The largest absolute Gasteiger partial charge is 0.366 e. The van der Waals surface area contributed by atoms with Gasteiger partial charge in [0.1, 0.15) is 17.8 Å². The molecule has 3 heterocycles. The Morgan fingerprint density at radius 3 is 2.64 bits per heavy atom. The van der Waals surface area contributed by atoms with Crippen molar-refractivity contribution in [3.8, 4) is 0 Å². The SMILES string of the molecule is Cc1cc(NCc2ccnc(N3CCCCCC3)c2)ncc1[N+](=O)[O-]. The van der Waals surface area contributed by atoms with Crippen molar-refractivity contribution >= 4 is 17.3 Å². The van der Waals surface area contributed by atoms with E-state index in [-0.39, 0.29) is 5.69 Å². The molecule has 0 amide bonds. The summed E-state index contributed by atoms with van der Waals surface area (Å²) in [5.41, 5.74) is 1.76. The summed E-state index contributed by atoms with van der Waals surface area (Å²) < 4.78 is 0. The van der Waals surface area contributed by atoms with E-state index in [4.69, 9.17) is 0 Å². The molecule has 1 fully saturated rings. The van der Waals surface area contributed by atoms with Crippen LogP contribution in [0.2, 0.25) is 0 Å². The van der Waals surface area contributed by atoms with E-state index in [0.29, 0.717) is 17.9 Å². The molecule has 1 aliphatic heterocycles. The molecule has 0 spiro atoms. The fourth-order valence-corrected chi connectivity index (χ4v) is 3.07. The monoisotopic (exact) mass is 341 g/mol.